The number of anilines is 1. The van der Waals surface area contributed by atoms with Gasteiger partial charge in [0.2, 0.25) is 5.13 Å². The quantitative estimate of drug-likeness (QED) is 0.886. The van der Waals surface area contributed by atoms with Crippen molar-refractivity contribution in [2.45, 2.75) is 20.5 Å². The number of hydrogen-bond donors (Lipinski definition) is 1. The lowest BCUT2D eigenvalue weighted by Gasteiger charge is -2.09. The zero-order valence-corrected chi connectivity index (χ0v) is 13.0. The van der Waals surface area contributed by atoms with E-state index in [0.29, 0.717) is 22.5 Å². The van der Waals surface area contributed by atoms with Crippen molar-refractivity contribution in [2.75, 3.05) is 19.0 Å². The molecule has 0 aliphatic heterocycles. The van der Waals surface area contributed by atoms with Crippen LogP contribution in [0, 0.1) is 13.8 Å². The summed E-state index contributed by atoms with van der Waals surface area (Å²) in [6, 6.07) is 5.87. The molecule has 1 amide bonds. The number of carbonyl (C=O) groups is 1. The summed E-state index contributed by atoms with van der Waals surface area (Å²) in [5.74, 6) is 0.443. The largest absolute Gasteiger partial charge is 0.483 e. The average molecular weight is 307 g/mol. The molecular formula is C14H17N3O3S. The van der Waals surface area contributed by atoms with E-state index in [1.165, 1.54) is 11.3 Å². The average Bonchev–Trinajstić information content (AvgIpc) is 2.87. The summed E-state index contributed by atoms with van der Waals surface area (Å²) < 4.78 is 10.5. The SMILES string of the molecule is COCc1nnc(NC(=O)COc2cc(C)ccc2C)s1. The van der Waals surface area contributed by atoms with Gasteiger partial charge in [-0.3, -0.25) is 10.1 Å². The van der Waals surface area contributed by atoms with Gasteiger partial charge in [0.05, 0.1) is 0 Å². The number of nitrogens with zero attached hydrogens (tertiary/aromatic N) is 2. The molecule has 1 N–H and O–H groups in total. The fourth-order valence-electron chi connectivity index (χ4n) is 1.65. The molecule has 1 heterocycles. The molecule has 1 aromatic carbocycles. The first-order valence-corrected chi connectivity index (χ1v) is 7.21. The van der Waals surface area contributed by atoms with Gasteiger partial charge in [-0.05, 0) is 31.0 Å². The molecule has 0 saturated heterocycles. The van der Waals surface area contributed by atoms with Crippen molar-refractivity contribution in [3.05, 3.63) is 34.3 Å². The van der Waals surface area contributed by atoms with Gasteiger partial charge in [-0.25, -0.2) is 0 Å². The van der Waals surface area contributed by atoms with E-state index >= 15 is 0 Å². The fourth-order valence-corrected chi connectivity index (χ4v) is 2.38. The van der Waals surface area contributed by atoms with E-state index in [2.05, 4.69) is 15.5 Å². The van der Waals surface area contributed by atoms with Crippen LogP contribution in [0.2, 0.25) is 0 Å². The number of benzene rings is 1. The molecule has 0 atom stereocenters. The molecule has 6 nitrogen and oxygen atoms in total. The molecular weight excluding hydrogens is 290 g/mol. The predicted molar refractivity (Wildman–Crippen MR) is 80.7 cm³/mol. The van der Waals surface area contributed by atoms with E-state index in [9.17, 15) is 4.79 Å². The van der Waals surface area contributed by atoms with Crippen LogP contribution in [0.5, 0.6) is 5.75 Å². The number of aromatic nitrogens is 2. The van der Waals surface area contributed by atoms with Crippen molar-refractivity contribution in [2.24, 2.45) is 0 Å². The number of ether oxygens (including phenoxy) is 2. The zero-order valence-electron chi connectivity index (χ0n) is 12.2. The van der Waals surface area contributed by atoms with Crippen LogP contribution in [0.25, 0.3) is 0 Å². The van der Waals surface area contributed by atoms with Gasteiger partial charge in [-0.15, -0.1) is 10.2 Å². The maximum Gasteiger partial charge on any atom is 0.264 e. The monoisotopic (exact) mass is 307 g/mol. The van der Waals surface area contributed by atoms with Gasteiger partial charge in [-0.1, -0.05) is 23.5 Å². The van der Waals surface area contributed by atoms with E-state index in [4.69, 9.17) is 9.47 Å². The van der Waals surface area contributed by atoms with Crippen LogP contribution in [0.4, 0.5) is 5.13 Å². The molecule has 1 aromatic heterocycles. The second kappa shape index (κ2) is 7.14. The van der Waals surface area contributed by atoms with Crippen LogP contribution in [-0.2, 0) is 16.1 Å². The first-order valence-electron chi connectivity index (χ1n) is 6.39. The topological polar surface area (TPSA) is 73.3 Å². The lowest BCUT2D eigenvalue weighted by atomic mass is 10.1. The molecule has 7 heteroatoms. The molecule has 0 fully saturated rings. The molecule has 0 bridgehead atoms. The van der Waals surface area contributed by atoms with Gasteiger partial charge < -0.3 is 9.47 Å². The van der Waals surface area contributed by atoms with Crippen molar-refractivity contribution in [3.8, 4) is 5.75 Å². The van der Waals surface area contributed by atoms with Gasteiger partial charge in [0.15, 0.2) is 6.61 Å². The number of hydrogen-bond acceptors (Lipinski definition) is 6. The Balaban J connectivity index is 1.88. The molecule has 2 rings (SSSR count). The second-order valence-electron chi connectivity index (χ2n) is 4.54. The van der Waals surface area contributed by atoms with Crippen LogP contribution in [0.3, 0.4) is 0 Å². The lowest BCUT2D eigenvalue weighted by molar-refractivity contribution is -0.118. The van der Waals surface area contributed by atoms with Gasteiger partial charge in [0.1, 0.15) is 17.4 Å². The maximum absolute atomic E-state index is 11.8. The van der Waals surface area contributed by atoms with Gasteiger partial charge in [-0.2, -0.15) is 0 Å². The van der Waals surface area contributed by atoms with Crippen LogP contribution < -0.4 is 10.1 Å². The maximum atomic E-state index is 11.8. The third-order valence-corrected chi connectivity index (χ3v) is 3.50. The molecule has 0 spiro atoms. The fraction of sp³-hybridized carbons (Fsp3) is 0.357. The third-order valence-electron chi connectivity index (χ3n) is 2.68. The van der Waals surface area contributed by atoms with Crippen LogP contribution in [0.15, 0.2) is 18.2 Å². The van der Waals surface area contributed by atoms with Gasteiger partial charge in [0, 0.05) is 7.11 Å². The Morgan fingerprint density at radius 3 is 2.90 bits per heavy atom. The molecule has 0 aliphatic rings. The van der Waals surface area contributed by atoms with Gasteiger partial charge >= 0.3 is 0 Å². The molecule has 0 saturated carbocycles. The van der Waals surface area contributed by atoms with Crippen molar-refractivity contribution in [1.29, 1.82) is 0 Å². The van der Waals surface area contributed by atoms with Crippen molar-refractivity contribution >= 4 is 22.4 Å². The number of carbonyl (C=O) groups excluding carboxylic acids is 1. The Morgan fingerprint density at radius 1 is 1.33 bits per heavy atom. The minimum absolute atomic E-state index is 0.0660. The normalized spacial score (nSPS) is 10.4. The smallest absolute Gasteiger partial charge is 0.264 e. The first kappa shape index (κ1) is 15.4. The summed E-state index contributed by atoms with van der Waals surface area (Å²) in [6.45, 7) is 4.23. The van der Waals surface area contributed by atoms with E-state index in [0.717, 1.165) is 11.1 Å². The van der Waals surface area contributed by atoms with Crippen molar-refractivity contribution < 1.29 is 14.3 Å². The molecule has 0 aliphatic carbocycles. The van der Waals surface area contributed by atoms with E-state index in [1.54, 1.807) is 7.11 Å². The Kier molecular flexibility index (Phi) is 5.24. The summed E-state index contributed by atoms with van der Waals surface area (Å²) in [5, 5.41) is 11.6. The van der Waals surface area contributed by atoms with E-state index in [-0.39, 0.29) is 12.5 Å². The summed E-state index contributed by atoms with van der Waals surface area (Å²) in [5.41, 5.74) is 2.08. The number of rotatable bonds is 6. The molecule has 21 heavy (non-hydrogen) atoms. The van der Waals surface area contributed by atoms with Crippen LogP contribution >= 0.6 is 11.3 Å². The van der Waals surface area contributed by atoms with Crippen molar-refractivity contribution in [3.63, 3.8) is 0 Å². The summed E-state index contributed by atoms with van der Waals surface area (Å²) >= 11 is 1.28. The Morgan fingerprint density at radius 2 is 2.14 bits per heavy atom. The molecule has 112 valence electrons. The first-order chi connectivity index (χ1) is 10.1. The molecule has 0 unspecified atom stereocenters. The summed E-state index contributed by atoms with van der Waals surface area (Å²) in [7, 11) is 1.58. The second-order valence-corrected chi connectivity index (χ2v) is 5.60. The highest BCUT2D eigenvalue weighted by Crippen LogP contribution is 2.19. The molecule has 2 aromatic rings. The third kappa shape index (κ3) is 4.51. The number of aryl methyl sites for hydroxylation is 2. The number of methoxy groups -OCH3 is 1. The Bertz CT molecular complexity index is 628. The standard InChI is InChI=1S/C14H17N3O3S/c1-9-4-5-10(2)11(6-9)20-7-12(18)15-14-17-16-13(21-14)8-19-3/h4-6H,7-8H2,1-3H3,(H,15,17,18). The van der Waals surface area contributed by atoms with Crippen LogP contribution in [0.1, 0.15) is 16.1 Å². The molecule has 0 radical (unpaired) electrons. The lowest BCUT2D eigenvalue weighted by Crippen LogP contribution is -2.20. The van der Waals surface area contributed by atoms with Gasteiger partial charge in [0.25, 0.3) is 5.91 Å². The highest BCUT2D eigenvalue weighted by atomic mass is 32.1. The summed E-state index contributed by atoms with van der Waals surface area (Å²) in [4.78, 5) is 11.8. The van der Waals surface area contributed by atoms with E-state index in [1.807, 2.05) is 32.0 Å². The number of amides is 1. The van der Waals surface area contributed by atoms with E-state index < -0.39 is 0 Å². The highest BCUT2D eigenvalue weighted by molar-refractivity contribution is 7.15. The minimum atomic E-state index is -0.268. The predicted octanol–water partition coefficient (Wildman–Crippen LogP) is 2.32. The Hall–Kier alpha value is -1.99. The van der Waals surface area contributed by atoms with Crippen molar-refractivity contribution in [1.82, 2.24) is 10.2 Å². The van der Waals surface area contributed by atoms with Crippen LogP contribution in [-0.4, -0.2) is 29.8 Å². The minimum Gasteiger partial charge on any atom is -0.483 e. The number of nitrogens with one attached hydrogen (secondary N) is 1. The Labute approximate surface area is 127 Å². The highest BCUT2D eigenvalue weighted by Gasteiger charge is 2.09. The zero-order chi connectivity index (χ0) is 15.2. The summed E-state index contributed by atoms with van der Waals surface area (Å²) in [6.07, 6.45) is 0.